The number of aromatic nitrogens is 1. The second-order valence-corrected chi connectivity index (χ2v) is 8.71. The smallest absolute Gasteiger partial charge is 0.253 e. The first-order chi connectivity index (χ1) is 17.1. The molecule has 1 fully saturated rings. The fourth-order valence-electron chi connectivity index (χ4n) is 4.57. The summed E-state index contributed by atoms with van der Waals surface area (Å²) in [6.45, 7) is 1.33. The molecule has 1 aliphatic rings. The van der Waals surface area contributed by atoms with Crippen LogP contribution in [-0.2, 0) is 0 Å². The molecule has 170 valence electrons. The van der Waals surface area contributed by atoms with Crippen LogP contribution >= 0.6 is 0 Å². The van der Waals surface area contributed by atoms with Crippen molar-refractivity contribution >= 4 is 22.4 Å². The number of nitrogens with one attached hydrogen (secondary N) is 1. The van der Waals surface area contributed by atoms with Gasteiger partial charge in [-0.15, -0.1) is 0 Å². The Kier molecular flexibility index (Phi) is 6.11. The van der Waals surface area contributed by atoms with Gasteiger partial charge in [0.05, 0.1) is 23.3 Å². The molecule has 0 radical (unpaired) electrons. The van der Waals surface area contributed by atoms with Gasteiger partial charge in [0.15, 0.2) is 0 Å². The number of piperidine rings is 1. The number of amides is 1. The van der Waals surface area contributed by atoms with Crippen molar-refractivity contribution in [2.75, 3.05) is 18.4 Å². The van der Waals surface area contributed by atoms with Crippen molar-refractivity contribution in [1.82, 2.24) is 9.88 Å². The summed E-state index contributed by atoms with van der Waals surface area (Å²) in [6.07, 6.45) is 5.32. The molecule has 0 bridgehead atoms. The lowest BCUT2D eigenvalue weighted by Crippen LogP contribution is -2.42. The maximum atomic E-state index is 12.9. The van der Waals surface area contributed by atoms with E-state index in [0.29, 0.717) is 29.8 Å². The molecule has 35 heavy (non-hydrogen) atoms. The number of fused-ring (bicyclic) bond motifs is 1. The van der Waals surface area contributed by atoms with E-state index in [1.807, 2.05) is 35.4 Å². The van der Waals surface area contributed by atoms with Crippen LogP contribution in [0.5, 0.6) is 0 Å². The van der Waals surface area contributed by atoms with E-state index in [9.17, 15) is 10.1 Å². The highest BCUT2D eigenvalue weighted by Crippen LogP contribution is 2.32. The first-order valence-electron chi connectivity index (χ1n) is 11.6. The first-order valence-corrected chi connectivity index (χ1v) is 11.6. The van der Waals surface area contributed by atoms with Gasteiger partial charge in [-0.25, -0.2) is 0 Å². The van der Waals surface area contributed by atoms with Crippen LogP contribution in [0, 0.1) is 22.7 Å². The van der Waals surface area contributed by atoms with Crippen molar-refractivity contribution in [3.8, 4) is 23.3 Å². The number of rotatable bonds is 4. The highest BCUT2D eigenvalue weighted by molar-refractivity contribution is 5.97. The number of pyridine rings is 1. The second kappa shape index (κ2) is 9.67. The monoisotopic (exact) mass is 457 g/mol. The third kappa shape index (κ3) is 4.69. The zero-order valence-electron chi connectivity index (χ0n) is 19.1. The molecule has 0 aliphatic carbocycles. The zero-order chi connectivity index (χ0) is 24.2. The lowest BCUT2D eigenvalue weighted by molar-refractivity contribution is 0.0718. The van der Waals surface area contributed by atoms with Gasteiger partial charge in [-0.05, 0) is 84.0 Å². The molecule has 2 heterocycles. The molecule has 6 heteroatoms. The fraction of sp³-hybridized carbons (Fsp3) is 0.172. The number of nitriles is 2. The van der Waals surface area contributed by atoms with Crippen molar-refractivity contribution in [3.05, 3.63) is 95.8 Å². The Morgan fingerprint density at radius 1 is 0.914 bits per heavy atom. The van der Waals surface area contributed by atoms with Gasteiger partial charge in [0.1, 0.15) is 0 Å². The third-order valence-corrected chi connectivity index (χ3v) is 6.48. The van der Waals surface area contributed by atoms with Crippen molar-refractivity contribution in [1.29, 1.82) is 10.5 Å². The van der Waals surface area contributed by atoms with Gasteiger partial charge in [0.2, 0.25) is 0 Å². The number of anilines is 1. The SMILES string of the molecule is N#Cc1ccc(C(=O)N2CCC(Nc3cc(-c4cccc(C#N)c4)cc4ccncc34)CC2)cc1. The minimum atomic E-state index is 0.00182. The Morgan fingerprint density at radius 3 is 2.43 bits per heavy atom. The topological polar surface area (TPSA) is 92.8 Å². The van der Waals surface area contributed by atoms with Crippen molar-refractivity contribution in [3.63, 3.8) is 0 Å². The number of likely N-dealkylation sites (tertiary alicyclic amines) is 1. The molecule has 5 rings (SSSR count). The van der Waals surface area contributed by atoms with Crippen LogP contribution in [-0.4, -0.2) is 34.9 Å². The maximum absolute atomic E-state index is 12.9. The molecule has 6 nitrogen and oxygen atoms in total. The summed E-state index contributed by atoms with van der Waals surface area (Å²) in [5.74, 6) is 0.00182. The average molecular weight is 458 g/mol. The highest BCUT2D eigenvalue weighted by atomic mass is 16.2. The molecule has 1 N–H and O–H groups in total. The highest BCUT2D eigenvalue weighted by Gasteiger charge is 2.24. The minimum Gasteiger partial charge on any atom is -0.382 e. The Bertz CT molecular complexity index is 1470. The summed E-state index contributed by atoms with van der Waals surface area (Å²) in [5, 5.41) is 24.1. The van der Waals surface area contributed by atoms with E-state index >= 15 is 0 Å². The number of nitrogens with zero attached hydrogens (tertiary/aromatic N) is 4. The van der Waals surface area contributed by atoms with Gasteiger partial charge >= 0.3 is 0 Å². The van der Waals surface area contributed by atoms with Crippen LogP contribution in [0.4, 0.5) is 5.69 Å². The number of hydrogen-bond donors (Lipinski definition) is 1. The van der Waals surface area contributed by atoms with Crippen LogP contribution in [0.25, 0.3) is 21.9 Å². The molecule has 0 unspecified atom stereocenters. The van der Waals surface area contributed by atoms with Crippen molar-refractivity contribution < 1.29 is 4.79 Å². The molecule has 1 saturated heterocycles. The van der Waals surface area contributed by atoms with Gasteiger partial charge in [-0.2, -0.15) is 10.5 Å². The second-order valence-electron chi connectivity index (χ2n) is 8.71. The van der Waals surface area contributed by atoms with Crippen molar-refractivity contribution in [2.45, 2.75) is 18.9 Å². The largest absolute Gasteiger partial charge is 0.382 e. The molecule has 3 aromatic carbocycles. The lowest BCUT2D eigenvalue weighted by atomic mass is 9.98. The summed E-state index contributed by atoms with van der Waals surface area (Å²) in [5.41, 5.74) is 4.83. The van der Waals surface area contributed by atoms with Crippen LogP contribution in [0.1, 0.15) is 34.3 Å². The summed E-state index contributed by atoms with van der Waals surface area (Å²) < 4.78 is 0. The normalized spacial score (nSPS) is 13.7. The molecule has 0 spiro atoms. The number of carbonyl (C=O) groups is 1. The van der Waals surface area contributed by atoms with E-state index in [0.717, 1.165) is 40.4 Å². The average Bonchev–Trinajstić information content (AvgIpc) is 2.93. The maximum Gasteiger partial charge on any atom is 0.253 e. The molecule has 0 atom stereocenters. The Balaban J connectivity index is 1.34. The number of hydrogen-bond acceptors (Lipinski definition) is 5. The third-order valence-electron chi connectivity index (χ3n) is 6.48. The summed E-state index contributed by atoms with van der Waals surface area (Å²) in [7, 11) is 0. The Morgan fingerprint density at radius 2 is 1.69 bits per heavy atom. The van der Waals surface area contributed by atoms with E-state index in [-0.39, 0.29) is 11.9 Å². The zero-order valence-corrected chi connectivity index (χ0v) is 19.1. The lowest BCUT2D eigenvalue weighted by Gasteiger charge is -2.33. The van der Waals surface area contributed by atoms with E-state index < -0.39 is 0 Å². The molecule has 1 amide bonds. The molecule has 0 saturated carbocycles. The molecule has 1 aromatic heterocycles. The van der Waals surface area contributed by atoms with E-state index in [4.69, 9.17) is 5.26 Å². The molecule has 1 aliphatic heterocycles. The quantitative estimate of drug-likeness (QED) is 0.445. The first kappa shape index (κ1) is 22.1. The van der Waals surface area contributed by atoms with Crippen LogP contribution in [0.3, 0.4) is 0 Å². The van der Waals surface area contributed by atoms with Gasteiger partial charge in [0.25, 0.3) is 5.91 Å². The molecular formula is C29H23N5O. The molecule has 4 aromatic rings. The van der Waals surface area contributed by atoms with E-state index in [1.54, 1.807) is 36.5 Å². The van der Waals surface area contributed by atoms with Crippen molar-refractivity contribution in [2.24, 2.45) is 0 Å². The summed E-state index contributed by atoms with van der Waals surface area (Å²) in [4.78, 5) is 19.1. The minimum absolute atomic E-state index is 0.00182. The van der Waals surface area contributed by atoms with Gasteiger partial charge in [-0.3, -0.25) is 9.78 Å². The van der Waals surface area contributed by atoms with Crippen LogP contribution in [0.2, 0.25) is 0 Å². The predicted molar refractivity (Wildman–Crippen MR) is 136 cm³/mol. The number of benzene rings is 3. The Labute approximate surface area is 204 Å². The number of carbonyl (C=O) groups excluding carboxylic acids is 1. The van der Waals surface area contributed by atoms with E-state index in [2.05, 4.69) is 34.6 Å². The van der Waals surface area contributed by atoms with Gasteiger partial charge < -0.3 is 10.2 Å². The summed E-state index contributed by atoms with van der Waals surface area (Å²) in [6, 6.07) is 25.2. The van der Waals surface area contributed by atoms with E-state index in [1.165, 1.54) is 0 Å². The fourth-order valence-corrected chi connectivity index (χ4v) is 4.57. The molecular weight excluding hydrogens is 434 g/mol. The Hall–Kier alpha value is -4.68. The predicted octanol–water partition coefficient (Wildman–Crippen LogP) is 5.36. The summed E-state index contributed by atoms with van der Waals surface area (Å²) >= 11 is 0. The van der Waals surface area contributed by atoms with Gasteiger partial charge in [-0.1, -0.05) is 12.1 Å². The van der Waals surface area contributed by atoms with Crippen LogP contribution < -0.4 is 5.32 Å². The standard InChI is InChI=1S/C29H23N5O/c30-17-20-4-6-22(7-5-20)29(35)34-12-9-26(10-13-34)33-28-16-25(15-24-8-11-32-19-27(24)28)23-3-1-2-21(14-23)18-31/h1-8,11,14-16,19,26,33H,9-10,12-13H2. The van der Waals surface area contributed by atoms with Crippen LogP contribution in [0.15, 0.2) is 79.1 Å². The van der Waals surface area contributed by atoms with Gasteiger partial charge in [0, 0.05) is 48.2 Å².